The van der Waals surface area contributed by atoms with Crippen molar-refractivity contribution >= 4 is 22.6 Å². The Bertz CT molecular complexity index is 822. The van der Waals surface area contributed by atoms with Gasteiger partial charge in [0, 0.05) is 17.5 Å². The summed E-state index contributed by atoms with van der Waals surface area (Å²) in [5.74, 6) is 2.63. The Morgan fingerprint density at radius 2 is 1.73 bits per heavy atom. The maximum Gasteiger partial charge on any atom is 0.119 e. The van der Waals surface area contributed by atoms with E-state index in [9.17, 15) is 0 Å². The minimum atomic E-state index is 0.521. The summed E-state index contributed by atoms with van der Waals surface area (Å²) in [7, 11) is 0. The number of ether oxygens (including phenoxy) is 1. The lowest BCUT2D eigenvalue weighted by atomic mass is 10.0. The maximum absolute atomic E-state index is 5.90. The van der Waals surface area contributed by atoms with E-state index in [1.807, 2.05) is 24.3 Å². The average Bonchev–Trinajstić information content (AvgIpc) is 3.02. The fraction of sp³-hybridized carbons (Fsp3) is 0.409. The van der Waals surface area contributed by atoms with E-state index in [1.54, 1.807) is 0 Å². The number of aromatic nitrogens is 2. The Balaban J connectivity index is 1.62. The van der Waals surface area contributed by atoms with Crippen LogP contribution in [0.15, 0.2) is 48.5 Å². The van der Waals surface area contributed by atoms with E-state index in [-0.39, 0.29) is 0 Å². The Hall–Kier alpha value is -2.00. The molecule has 0 amide bonds. The molecule has 0 saturated heterocycles. The third kappa shape index (κ3) is 4.39. The molecule has 0 aliphatic rings. The number of rotatable bonds is 9. The first-order chi connectivity index (χ1) is 12.7. The van der Waals surface area contributed by atoms with Gasteiger partial charge in [0.2, 0.25) is 0 Å². The predicted molar refractivity (Wildman–Crippen MR) is 109 cm³/mol. The number of halogens is 1. The molecule has 0 unspecified atom stereocenters. The van der Waals surface area contributed by atoms with Gasteiger partial charge >= 0.3 is 0 Å². The van der Waals surface area contributed by atoms with E-state index in [2.05, 4.69) is 42.7 Å². The Morgan fingerprint density at radius 3 is 2.46 bits per heavy atom. The van der Waals surface area contributed by atoms with Crippen molar-refractivity contribution in [1.82, 2.24) is 9.55 Å². The second-order valence-electron chi connectivity index (χ2n) is 6.63. The van der Waals surface area contributed by atoms with Gasteiger partial charge in [-0.2, -0.15) is 0 Å². The standard InChI is InChI=1S/C22H27ClN2O/c1-3-17(4-2)22-24-20-9-5-6-10-21(20)25(22)15-7-8-16-26-19-13-11-18(23)12-14-19/h5-6,9-14,17H,3-4,7-8,15-16H2,1-2H3. The van der Waals surface area contributed by atoms with Gasteiger partial charge in [0.15, 0.2) is 0 Å². The van der Waals surface area contributed by atoms with Crippen LogP contribution in [0.1, 0.15) is 51.3 Å². The minimum absolute atomic E-state index is 0.521. The normalized spacial score (nSPS) is 11.4. The van der Waals surface area contributed by atoms with E-state index in [0.717, 1.165) is 48.5 Å². The molecule has 2 aromatic carbocycles. The van der Waals surface area contributed by atoms with Crippen molar-refractivity contribution in [2.45, 2.75) is 52.0 Å². The second kappa shape index (κ2) is 9.09. The number of hydrogen-bond donors (Lipinski definition) is 0. The van der Waals surface area contributed by atoms with Crippen molar-refractivity contribution in [1.29, 1.82) is 0 Å². The van der Waals surface area contributed by atoms with Crippen LogP contribution < -0.4 is 4.74 Å². The summed E-state index contributed by atoms with van der Waals surface area (Å²) in [6.45, 7) is 6.19. The molecule has 3 nitrogen and oxygen atoms in total. The van der Waals surface area contributed by atoms with Crippen LogP contribution in [0.25, 0.3) is 11.0 Å². The summed E-state index contributed by atoms with van der Waals surface area (Å²) in [6.07, 6.45) is 4.33. The molecular formula is C22H27ClN2O. The molecule has 0 aliphatic carbocycles. The lowest BCUT2D eigenvalue weighted by Gasteiger charge is -2.15. The van der Waals surface area contributed by atoms with Crippen LogP contribution in [0.4, 0.5) is 0 Å². The smallest absolute Gasteiger partial charge is 0.119 e. The summed E-state index contributed by atoms with van der Waals surface area (Å²) < 4.78 is 8.22. The van der Waals surface area contributed by atoms with Crippen molar-refractivity contribution < 1.29 is 4.74 Å². The van der Waals surface area contributed by atoms with Gasteiger partial charge in [-0.25, -0.2) is 4.98 Å². The van der Waals surface area contributed by atoms with Crippen molar-refractivity contribution in [3.05, 3.63) is 59.4 Å². The van der Waals surface area contributed by atoms with Gasteiger partial charge in [-0.1, -0.05) is 37.6 Å². The highest BCUT2D eigenvalue weighted by molar-refractivity contribution is 6.30. The summed E-state index contributed by atoms with van der Waals surface area (Å²) >= 11 is 5.90. The van der Waals surface area contributed by atoms with Gasteiger partial charge in [-0.15, -0.1) is 0 Å². The van der Waals surface area contributed by atoms with Crippen LogP contribution in [-0.2, 0) is 6.54 Å². The molecule has 0 radical (unpaired) electrons. The van der Waals surface area contributed by atoms with Crippen molar-refractivity contribution in [3.63, 3.8) is 0 Å². The molecule has 3 rings (SSSR count). The quantitative estimate of drug-likeness (QED) is 0.404. The lowest BCUT2D eigenvalue weighted by molar-refractivity contribution is 0.303. The number of nitrogens with zero attached hydrogens (tertiary/aromatic N) is 2. The van der Waals surface area contributed by atoms with E-state index in [4.69, 9.17) is 21.3 Å². The zero-order valence-electron chi connectivity index (χ0n) is 15.6. The third-order valence-corrected chi connectivity index (χ3v) is 5.15. The van der Waals surface area contributed by atoms with Crippen LogP contribution in [0.2, 0.25) is 5.02 Å². The molecule has 0 fully saturated rings. The van der Waals surface area contributed by atoms with Gasteiger partial charge in [-0.3, -0.25) is 0 Å². The highest BCUT2D eigenvalue weighted by Gasteiger charge is 2.17. The first-order valence-corrected chi connectivity index (χ1v) is 9.94. The van der Waals surface area contributed by atoms with Crippen LogP contribution in [-0.4, -0.2) is 16.2 Å². The number of benzene rings is 2. The number of aryl methyl sites for hydroxylation is 1. The first-order valence-electron chi connectivity index (χ1n) is 9.56. The fourth-order valence-corrected chi connectivity index (χ4v) is 3.51. The zero-order valence-corrected chi connectivity index (χ0v) is 16.4. The topological polar surface area (TPSA) is 27.1 Å². The Kier molecular flexibility index (Phi) is 6.56. The molecule has 0 N–H and O–H groups in total. The molecule has 4 heteroatoms. The second-order valence-corrected chi connectivity index (χ2v) is 7.07. The van der Waals surface area contributed by atoms with Gasteiger partial charge in [0.1, 0.15) is 11.6 Å². The van der Waals surface area contributed by atoms with Crippen LogP contribution in [0.3, 0.4) is 0 Å². The number of unbranched alkanes of at least 4 members (excludes halogenated alkanes) is 1. The van der Waals surface area contributed by atoms with Crippen LogP contribution in [0, 0.1) is 0 Å². The van der Waals surface area contributed by atoms with Crippen molar-refractivity contribution in [2.75, 3.05) is 6.61 Å². The zero-order chi connectivity index (χ0) is 18.4. The molecule has 0 atom stereocenters. The molecule has 0 bridgehead atoms. The fourth-order valence-electron chi connectivity index (χ4n) is 3.39. The first kappa shape index (κ1) is 18.8. The van der Waals surface area contributed by atoms with E-state index in [0.29, 0.717) is 12.5 Å². The predicted octanol–water partition coefficient (Wildman–Crippen LogP) is 6.45. The summed E-state index contributed by atoms with van der Waals surface area (Å²) in [5.41, 5.74) is 2.35. The van der Waals surface area contributed by atoms with Crippen molar-refractivity contribution in [2.24, 2.45) is 0 Å². The molecule has 0 aliphatic heterocycles. The van der Waals surface area contributed by atoms with E-state index >= 15 is 0 Å². The summed E-state index contributed by atoms with van der Waals surface area (Å²) in [5, 5.41) is 0.735. The van der Waals surface area contributed by atoms with Gasteiger partial charge in [0.25, 0.3) is 0 Å². The van der Waals surface area contributed by atoms with Gasteiger partial charge in [0.05, 0.1) is 17.6 Å². The van der Waals surface area contributed by atoms with Crippen molar-refractivity contribution in [3.8, 4) is 5.75 Å². The van der Waals surface area contributed by atoms with Gasteiger partial charge in [-0.05, 0) is 62.1 Å². The minimum Gasteiger partial charge on any atom is -0.494 e. The largest absolute Gasteiger partial charge is 0.494 e. The third-order valence-electron chi connectivity index (χ3n) is 4.89. The molecular weight excluding hydrogens is 344 g/mol. The highest BCUT2D eigenvalue weighted by atomic mass is 35.5. The molecule has 0 spiro atoms. The number of fused-ring (bicyclic) bond motifs is 1. The molecule has 0 saturated carbocycles. The SMILES string of the molecule is CCC(CC)c1nc2ccccc2n1CCCCOc1ccc(Cl)cc1. The number of imidazole rings is 1. The molecule has 1 heterocycles. The molecule has 26 heavy (non-hydrogen) atoms. The highest BCUT2D eigenvalue weighted by Crippen LogP contribution is 2.27. The molecule has 138 valence electrons. The Labute approximate surface area is 161 Å². The average molecular weight is 371 g/mol. The Morgan fingerprint density at radius 1 is 1.00 bits per heavy atom. The van der Waals surface area contributed by atoms with Gasteiger partial charge < -0.3 is 9.30 Å². The molecule has 3 aromatic rings. The van der Waals surface area contributed by atoms with Crippen LogP contribution in [0.5, 0.6) is 5.75 Å². The maximum atomic E-state index is 5.90. The van der Waals surface area contributed by atoms with Crippen LogP contribution >= 0.6 is 11.6 Å². The van der Waals surface area contributed by atoms with E-state index in [1.165, 1.54) is 11.3 Å². The lowest BCUT2D eigenvalue weighted by Crippen LogP contribution is -2.09. The summed E-state index contributed by atoms with van der Waals surface area (Å²) in [6, 6.07) is 16.0. The monoisotopic (exact) mass is 370 g/mol. The van der Waals surface area contributed by atoms with E-state index < -0.39 is 0 Å². The summed E-state index contributed by atoms with van der Waals surface area (Å²) in [4.78, 5) is 4.93. The molecule has 1 aromatic heterocycles. The number of para-hydroxylation sites is 2. The number of hydrogen-bond acceptors (Lipinski definition) is 2.